The van der Waals surface area contributed by atoms with Gasteiger partial charge in [0.1, 0.15) is 0 Å². The third-order valence-corrected chi connectivity index (χ3v) is 4.85. The predicted octanol–water partition coefficient (Wildman–Crippen LogP) is 1.98. The zero-order valence-corrected chi connectivity index (χ0v) is 12.8. The maximum Gasteiger partial charge on any atom is 0.449 e. The number of primary amides is 1. The second-order valence-corrected chi connectivity index (χ2v) is 6.43. The van der Waals surface area contributed by atoms with Crippen molar-refractivity contribution in [2.45, 2.75) is 63.8 Å². The fraction of sp³-hybridized carbons (Fsp3) is 0.733. The molecule has 3 rings (SSSR count). The SMILES string of the molecule is NC(=O)[C@@H]1CC[C@H](NCc2nc(C(F)(F)F)n3c2CCCC3)C1. The Bertz CT molecular complexity index is 596. The molecule has 3 N–H and O–H groups in total. The van der Waals surface area contributed by atoms with E-state index in [0.717, 1.165) is 25.7 Å². The van der Waals surface area contributed by atoms with E-state index in [1.54, 1.807) is 0 Å². The second kappa shape index (κ2) is 6.14. The lowest BCUT2D eigenvalue weighted by Gasteiger charge is -2.18. The second-order valence-electron chi connectivity index (χ2n) is 6.43. The van der Waals surface area contributed by atoms with Crippen LogP contribution in [0.25, 0.3) is 0 Å². The van der Waals surface area contributed by atoms with Gasteiger partial charge in [-0.25, -0.2) is 4.98 Å². The van der Waals surface area contributed by atoms with Gasteiger partial charge in [0, 0.05) is 30.7 Å². The maximum atomic E-state index is 13.1. The first-order chi connectivity index (χ1) is 10.9. The Morgan fingerprint density at radius 1 is 1.35 bits per heavy atom. The summed E-state index contributed by atoms with van der Waals surface area (Å²) in [4.78, 5) is 15.0. The Balaban J connectivity index is 1.71. The van der Waals surface area contributed by atoms with E-state index < -0.39 is 12.0 Å². The first kappa shape index (κ1) is 16.3. The fourth-order valence-corrected chi connectivity index (χ4v) is 3.64. The number of imidazole rings is 1. The standard InChI is InChI=1S/C15H21F3N4O/c16-15(17,18)14-21-11(12-3-1-2-6-22(12)14)8-20-10-5-4-9(7-10)13(19)23/h9-10,20H,1-8H2,(H2,19,23)/t9-,10+/m1/s1. The third-order valence-electron chi connectivity index (χ3n) is 4.85. The largest absolute Gasteiger partial charge is 0.449 e. The summed E-state index contributed by atoms with van der Waals surface area (Å²) in [5, 5.41) is 3.25. The molecule has 5 nitrogen and oxygen atoms in total. The normalized spacial score (nSPS) is 24.7. The van der Waals surface area contributed by atoms with Gasteiger partial charge in [0.25, 0.3) is 0 Å². The van der Waals surface area contributed by atoms with Crippen molar-refractivity contribution in [2.24, 2.45) is 11.7 Å². The summed E-state index contributed by atoms with van der Waals surface area (Å²) in [5.74, 6) is -1.22. The molecule has 1 aromatic rings. The molecule has 1 aliphatic heterocycles. The molecule has 2 atom stereocenters. The minimum absolute atomic E-state index is 0.114. The smallest absolute Gasteiger partial charge is 0.369 e. The van der Waals surface area contributed by atoms with Crippen LogP contribution < -0.4 is 11.1 Å². The van der Waals surface area contributed by atoms with E-state index in [2.05, 4.69) is 10.3 Å². The molecule has 1 fully saturated rings. The van der Waals surface area contributed by atoms with Crippen molar-refractivity contribution in [3.05, 3.63) is 17.2 Å². The number of carbonyl (C=O) groups is 1. The van der Waals surface area contributed by atoms with Crippen molar-refractivity contribution in [1.29, 1.82) is 0 Å². The van der Waals surface area contributed by atoms with Crippen molar-refractivity contribution in [2.75, 3.05) is 0 Å². The zero-order valence-electron chi connectivity index (χ0n) is 12.8. The number of halogens is 3. The van der Waals surface area contributed by atoms with Crippen LogP contribution in [0, 0.1) is 5.92 Å². The van der Waals surface area contributed by atoms with E-state index >= 15 is 0 Å². The van der Waals surface area contributed by atoms with Crippen LogP contribution in [0.15, 0.2) is 0 Å². The van der Waals surface area contributed by atoms with Gasteiger partial charge in [-0.2, -0.15) is 13.2 Å². The highest BCUT2D eigenvalue weighted by molar-refractivity contribution is 5.76. The van der Waals surface area contributed by atoms with Crippen LogP contribution in [-0.2, 0) is 30.5 Å². The van der Waals surface area contributed by atoms with Gasteiger partial charge in [-0.05, 0) is 38.5 Å². The van der Waals surface area contributed by atoms with Gasteiger partial charge in [-0.15, -0.1) is 0 Å². The molecule has 1 amide bonds. The van der Waals surface area contributed by atoms with Gasteiger partial charge in [-0.3, -0.25) is 4.79 Å². The first-order valence-corrected chi connectivity index (χ1v) is 8.04. The summed E-state index contributed by atoms with van der Waals surface area (Å²) in [6.45, 7) is 0.686. The molecule has 0 spiro atoms. The van der Waals surface area contributed by atoms with Crippen LogP contribution in [0.4, 0.5) is 13.2 Å². The summed E-state index contributed by atoms with van der Waals surface area (Å²) in [7, 11) is 0. The fourth-order valence-electron chi connectivity index (χ4n) is 3.64. The average molecular weight is 330 g/mol. The van der Waals surface area contributed by atoms with Crippen LogP contribution in [0.3, 0.4) is 0 Å². The van der Waals surface area contributed by atoms with Gasteiger partial charge >= 0.3 is 6.18 Å². The number of alkyl halides is 3. The average Bonchev–Trinajstić information content (AvgIpc) is 3.09. The van der Waals surface area contributed by atoms with E-state index in [1.165, 1.54) is 4.57 Å². The highest BCUT2D eigenvalue weighted by Crippen LogP contribution is 2.33. The van der Waals surface area contributed by atoms with Gasteiger partial charge in [0.2, 0.25) is 11.7 Å². The van der Waals surface area contributed by atoms with Crippen LogP contribution >= 0.6 is 0 Å². The molecule has 0 bridgehead atoms. The molecule has 0 unspecified atom stereocenters. The lowest BCUT2D eigenvalue weighted by Crippen LogP contribution is -2.28. The minimum atomic E-state index is -4.42. The van der Waals surface area contributed by atoms with Crippen molar-refractivity contribution in [3.63, 3.8) is 0 Å². The number of amides is 1. The topological polar surface area (TPSA) is 72.9 Å². The Hall–Kier alpha value is -1.57. The first-order valence-electron chi connectivity index (χ1n) is 8.04. The molecule has 0 radical (unpaired) electrons. The lowest BCUT2D eigenvalue weighted by atomic mass is 10.1. The highest BCUT2D eigenvalue weighted by atomic mass is 19.4. The van der Waals surface area contributed by atoms with Gasteiger partial charge < -0.3 is 15.6 Å². The van der Waals surface area contributed by atoms with Gasteiger partial charge in [0.15, 0.2) is 0 Å². The Morgan fingerprint density at radius 2 is 2.13 bits per heavy atom. The molecule has 1 aromatic heterocycles. The number of nitrogens with zero attached hydrogens (tertiary/aromatic N) is 2. The quantitative estimate of drug-likeness (QED) is 0.887. The van der Waals surface area contributed by atoms with Gasteiger partial charge in [0.05, 0.1) is 5.69 Å². The number of rotatable bonds is 4. The summed E-state index contributed by atoms with van der Waals surface area (Å²) in [5.41, 5.74) is 6.48. The van der Waals surface area contributed by atoms with Crippen LogP contribution in [-0.4, -0.2) is 21.5 Å². The molecule has 2 heterocycles. The van der Waals surface area contributed by atoms with Crippen molar-refractivity contribution < 1.29 is 18.0 Å². The predicted molar refractivity (Wildman–Crippen MR) is 77.3 cm³/mol. The van der Waals surface area contributed by atoms with Gasteiger partial charge in [-0.1, -0.05) is 0 Å². The number of hydrogen-bond acceptors (Lipinski definition) is 3. The Kier molecular flexibility index (Phi) is 4.35. The highest BCUT2D eigenvalue weighted by Gasteiger charge is 2.39. The molecule has 2 aliphatic rings. The molecule has 23 heavy (non-hydrogen) atoms. The molecule has 0 aromatic carbocycles. The number of nitrogens with one attached hydrogen (secondary N) is 1. The van der Waals surface area contributed by atoms with Crippen molar-refractivity contribution in [3.8, 4) is 0 Å². The zero-order chi connectivity index (χ0) is 16.6. The third kappa shape index (κ3) is 3.36. The number of fused-ring (bicyclic) bond motifs is 1. The molecule has 8 heteroatoms. The van der Waals surface area contributed by atoms with E-state index in [4.69, 9.17) is 5.73 Å². The number of hydrogen-bond donors (Lipinski definition) is 2. The summed E-state index contributed by atoms with van der Waals surface area (Å²) in [6, 6.07) is 0.114. The van der Waals surface area contributed by atoms with Crippen molar-refractivity contribution in [1.82, 2.24) is 14.9 Å². The van der Waals surface area contributed by atoms with Crippen LogP contribution in [0.5, 0.6) is 0 Å². The molecular weight excluding hydrogens is 309 g/mol. The van der Waals surface area contributed by atoms with E-state index in [-0.39, 0.29) is 17.9 Å². The minimum Gasteiger partial charge on any atom is -0.369 e. The molecule has 1 saturated carbocycles. The maximum absolute atomic E-state index is 13.1. The Labute approximate surface area is 132 Å². The van der Waals surface area contributed by atoms with E-state index in [1.807, 2.05) is 0 Å². The molecule has 128 valence electrons. The Morgan fingerprint density at radius 3 is 2.78 bits per heavy atom. The number of nitrogens with two attached hydrogens (primary N) is 1. The molecule has 0 saturated heterocycles. The lowest BCUT2D eigenvalue weighted by molar-refractivity contribution is -0.147. The van der Waals surface area contributed by atoms with Crippen LogP contribution in [0.1, 0.15) is 49.3 Å². The summed E-state index contributed by atoms with van der Waals surface area (Å²) in [6.07, 6.45) is 0.0597. The summed E-state index contributed by atoms with van der Waals surface area (Å²) < 4.78 is 40.7. The molecular formula is C15H21F3N4O. The summed E-state index contributed by atoms with van der Waals surface area (Å²) >= 11 is 0. The number of aromatic nitrogens is 2. The number of carbonyl (C=O) groups excluding carboxylic acids is 1. The van der Waals surface area contributed by atoms with E-state index in [0.29, 0.717) is 37.3 Å². The van der Waals surface area contributed by atoms with Crippen LogP contribution in [0.2, 0.25) is 0 Å². The van der Waals surface area contributed by atoms with Crippen molar-refractivity contribution >= 4 is 5.91 Å². The monoisotopic (exact) mass is 330 g/mol. The van der Waals surface area contributed by atoms with E-state index in [9.17, 15) is 18.0 Å². The molecule has 1 aliphatic carbocycles.